The molecule has 1 fully saturated rings. The van der Waals surface area contributed by atoms with E-state index in [-0.39, 0.29) is 0 Å². The summed E-state index contributed by atoms with van der Waals surface area (Å²) in [6.07, 6.45) is 3.32. The molecule has 1 aliphatic heterocycles. The maximum Gasteiger partial charge on any atom is 0.309 e. The van der Waals surface area contributed by atoms with Crippen LogP contribution in [0.2, 0.25) is 0 Å². The number of aliphatic hydroxyl groups excluding tert-OH is 1. The van der Waals surface area contributed by atoms with E-state index < -0.39 is 18.0 Å². The topological polar surface area (TPSA) is 78.6 Å². The average molecular weight is 301 g/mol. The van der Waals surface area contributed by atoms with Crippen molar-refractivity contribution in [2.24, 2.45) is 5.92 Å². The molecular formula is C16H19N3O3. The van der Waals surface area contributed by atoms with Gasteiger partial charge in [0.15, 0.2) is 0 Å². The Labute approximate surface area is 128 Å². The van der Waals surface area contributed by atoms with E-state index >= 15 is 0 Å². The third-order valence-electron chi connectivity index (χ3n) is 4.09. The Kier molecular flexibility index (Phi) is 4.22. The van der Waals surface area contributed by atoms with Crippen molar-refractivity contribution in [3.63, 3.8) is 0 Å². The van der Waals surface area contributed by atoms with Gasteiger partial charge in [0.1, 0.15) is 0 Å². The van der Waals surface area contributed by atoms with E-state index in [1.807, 2.05) is 36.5 Å². The van der Waals surface area contributed by atoms with Crippen LogP contribution >= 0.6 is 0 Å². The minimum absolute atomic E-state index is 0.401. The zero-order valence-corrected chi connectivity index (χ0v) is 12.2. The van der Waals surface area contributed by atoms with E-state index in [0.29, 0.717) is 26.1 Å². The third kappa shape index (κ3) is 3.18. The van der Waals surface area contributed by atoms with Gasteiger partial charge in [0.2, 0.25) is 0 Å². The molecule has 0 radical (unpaired) electrons. The van der Waals surface area contributed by atoms with Crippen LogP contribution < -0.4 is 0 Å². The first kappa shape index (κ1) is 14.7. The molecule has 1 aromatic carbocycles. The van der Waals surface area contributed by atoms with Gasteiger partial charge in [0.25, 0.3) is 0 Å². The summed E-state index contributed by atoms with van der Waals surface area (Å²) in [6.45, 7) is 1.80. The Hall–Kier alpha value is -2.18. The molecule has 0 bridgehead atoms. The summed E-state index contributed by atoms with van der Waals surface area (Å²) in [5.74, 6) is -1.55. The van der Waals surface area contributed by atoms with Gasteiger partial charge in [0.05, 0.1) is 17.7 Å². The molecule has 2 heterocycles. The summed E-state index contributed by atoms with van der Waals surface area (Å²) in [5, 5.41) is 23.1. The van der Waals surface area contributed by atoms with Gasteiger partial charge in [-0.2, -0.15) is 5.10 Å². The molecule has 2 atom stereocenters. The van der Waals surface area contributed by atoms with Gasteiger partial charge in [-0.05, 0) is 36.7 Å². The van der Waals surface area contributed by atoms with E-state index in [9.17, 15) is 9.90 Å². The van der Waals surface area contributed by atoms with E-state index in [4.69, 9.17) is 5.11 Å². The molecule has 6 heteroatoms. The summed E-state index contributed by atoms with van der Waals surface area (Å²) in [7, 11) is 0. The molecule has 0 spiro atoms. The largest absolute Gasteiger partial charge is 0.481 e. The molecule has 116 valence electrons. The Morgan fingerprint density at radius 1 is 1.32 bits per heavy atom. The zero-order chi connectivity index (χ0) is 15.5. The number of aliphatic hydroxyl groups is 1. The van der Waals surface area contributed by atoms with Crippen LogP contribution in [-0.2, 0) is 11.3 Å². The van der Waals surface area contributed by atoms with Crippen molar-refractivity contribution < 1.29 is 15.0 Å². The summed E-state index contributed by atoms with van der Waals surface area (Å²) in [5.41, 5.74) is 2.13. The van der Waals surface area contributed by atoms with Crippen LogP contribution in [0, 0.1) is 5.92 Å². The normalized spacial score (nSPS) is 22.6. The first-order valence-electron chi connectivity index (χ1n) is 7.35. The van der Waals surface area contributed by atoms with Crippen LogP contribution in [0.15, 0.2) is 42.7 Å². The second-order valence-corrected chi connectivity index (χ2v) is 5.65. The molecule has 2 aromatic rings. The Morgan fingerprint density at radius 3 is 2.68 bits per heavy atom. The number of aromatic nitrogens is 2. The number of carboxylic acid groups (broad SMARTS) is 1. The molecule has 6 nitrogen and oxygen atoms in total. The van der Waals surface area contributed by atoms with Crippen LogP contribution in [-0.4, -0.2) is 50.1 Å². The van der Waals surface area contributed by atoms with Gasteiger partial charge in [-0.1, -0.05) is 12.1 Å². The lowest BCUT2D eigenvalue weighted by Crippen LogP contribution is -2.46. The van der Waals surface area contributed by atoms with Gasteiger partial charge in [-0.25, -0.2) is 4.68 Å². The van der Waals surface area contributed by atoms with Gasteiger partial charge in [-0.3, -0.25) is 9.69 Å². The number of hydrogen-bond acceptors (Lipinski definition) is 4. The maximum atomic E-state index is 11.0. The zero-order valence-electron chi connectivity index (χ0n) is 12.2. The molecular weight excluding hydrogens is 282 g/mol. The smallest absolute Gasteiger partial charge is 0.309 e. The lowest BCUT2D eigenvalue weighted by atomic mass is 9.94. The van der Waals surface area contributed by atoms with Crippen LogP contribution in [0.3, 0.4) is 0 Å². The van der Waals surface area contributed by atoms with Gasteiger partial charge in [0, 0.05) is 25.5 Å². The average Bonchev–Trinajstić information content (AvgIpc) is 3.02. The summed E-state index contributed by atoms with van der Waals surface area (Å²) >= 11 is 0. The second-order valence-electron chi connectivity index (χ2n) is 5.65. The van der Waals surface area contributed by atoms with Crippen molar-refractivity contribution in [3.8, 4) is 5.69 Å². The van der Waals surface area contributed by atoms with E-state index in [1.165, 1.54) is 0 Å². The predicted molar refractivity (Wildman–Crippen MR) is 80.6 cm³/mol. The molecule has 1 aromatic heterocycles. The Morgan fingerprint density at radius 2 is 2.09 bits per heavy atom. The number of piperidine rings is 1. The third-order valence-corrected chi connectivity index (χ3v) is 4.09. The molecule has 0 amide bonds. The number of carboxylic acids is 1. The molecule has 3 rings (SSSR count). The highest BCUT2D eigenvalue weighted by Crippen LogP contribution is 2.20. The fourth-order valence-corrected chi connectivity index (χ4v) is 2.86. The van der Waals surface area contributed by atoms with Crippen LogP contribution in [0.5, 0.6) is 0 Å². The Balaban J connectivity index is 1.61. The summed E-state index contributed by atoms with van der Waals surface area (Å²) in [6, 6.07) is 9.95. The summed E-state index contributed by atoms with van der Waals surface area (Å²) < 4.78 is 1.80. The monoisotopic (exact) mass is 301 g/mol. The van der Waals surface area contributed by atoms with Crippen molar-refractivity contribution in [2.45, 2.75) is 19.1 Å². The van der Waals surface area contributed by atoms with Crippen molar-refractivity contribution in [3.05, 3.63) is 48.3 Å². The fourth-order valence-electron chi connectivity index (χ4n) is 2.86. The lowest BCUT2D eigenvalue weighted by molar-refractivity contribution is -0.148. The van der Waals surface area contributed by atoms with Crippen molar-refractivity contribution in [1.82, 2.24) is 14.7 Å². The first-order chi connectivity index (χ1) is 10.6. The Bertz CT molecular complexity index is 625. The van der Waals surface area contributed by atoms with E-state index in [0.717, 1.165) is 11.3 Å². The second kappa shape index (κ2) is 6.29. The number of benzene rings is 1. The number of rotatable bonds is 4. The van der Waals surface area contributed by atoms with Crippen LogP contribution in [0.1, 0.15) is 12.0 Å². The standard InChI is InChI=1S/C16H19N3O3/c20-15-11-18(9-6-14(15)16(21)22)10-12-2-4-13(5-3-12)19-8-1-7-17-19/h1-5,7-8,14-15,20H,6,9-11H2,(H,21,22)/t14-,15+/m0/s1. The SMILES string of the molecule is O=C(O)[C@H]1CCN(Cc2ccc(-n3cccn3)cc2)C[C@H]1O. The van der Waals surface area contributed by atoms with E-state index in [1.54, 1.807) is 10.9 Å². The molecule has 1 saturated heterocycles. The molecule has 0 aliphatic carbocycles. The number of carbonyl (C=O) groups is 1. The van der Waals surface area contributed by atoms with Gasteiger partial charge < -0.3 is 10.2 Å². The maximum absolute atomic E-state index is 11.0. The molecule has 1 aliphatic rings. The quantitative estimate of drug-likeness (QED) is 0.885. The molecule has 22 heavy (non-hydrogen) atoms. The van der Waals surface area contributed by atoms with Crippen molar-refractivity contribution >= 4 is 5.97 Å². The number of hydrogen-bond donors (Lipinski definition) is 2. The molecule has 0 unspecified atom stereocenters. The fraction of sp³-hybridized carbons (Fsp3) is 0.375. The minimum atomic E-state index is -0.907. The van der Waals surface area contributed by atoms with Crippen LogP contribution in [0.25, 0.3) is 5.69 Å². The molecule has 0 saturated carbocycles. The van der Waals surface area contributed by atoms with Gasteiger partial charge >= 0.3 is 5.97 Å². The highest BCUT2D eigenvalue weighted by atomic mass is 16.4. The number of likely N-dealkylation sites (tertiary alicyclic amines) is 1. The van der Waals surface area contributed by atoms with Crippen molar-refractivity contribution in [1.29, 1.82) is 0 Å². The molecule has 2 N–H and O–H groups in total. The minimum Gasteiger partial charge on any atom is -0.481 e. The first-order valence-corrected chi connectivity index (χ1v) is 7.35. The summed E-state index contributed by atoms with van der Waals surface area (Å²) in [4.78, 5) is 13.1. The predicted octanol–water partition coefficient (Wildman–Crippen LogP) is 1.14. The number of β-amino-alcohol motifs (C(OH)–C–C–N with tert-alkyl or cyclic N) is 1. The highest BCUT2D eigenvalue weighted by molar-refractivity contribution is 5.70. The van der Waals surface area contributed by atoms with Crippen molar-refractivity contribution in [2.75, 3.05) is 13.1 Å². The number of aliphatic carboxylic acids is 1. The lowest BCUT2D eigenvalue weighted by Gasteiger charge is -2.33. The van der Waals surface area contributed by atoms with Gasteiger partial charge in [-0.15, -0.1) is 0 Å². The highest BCUT2D eigenvalue weighted by Gasteiger charge is 2.32. The van der Waals surface area contributed by atoms with E-state index in [2.05, 4.69) is 10.00 Å². The number of nitrogens with zero attached hydrogens (tertiary/aromatic N) is 3. The van der Waals surface area contributed by atoms with Crippen LogP contribution in [0.4, 0.5) is 0 Å².